The summed E-state index contributed by atoms with van der Waals surface area (Å²) in [6.07, 6.45) is 26.8. The molecule has 2 atom stereocenters. The highest BCUT2D eigenvalue weighted by Crippen LogP contribution is 2.41. The van der Waals surface area contributed by atoms with E-state index in [2.05, 4.69) is 13.8 Å². The van der Waals surface area contributed by atoms with Crippen LogP contribution in [0.3, 0.4) is 0 Å². The molecule has 0 aliphatic heterocycles. The van der Waals surface area contributed by atoms with Gasteiger partial charge in [0.15, 0.2) is 0 Å². The summed E-state index contributed by atoms with van der Waals surface area (Å²) in [4.78, 5) is 0. The van der Waals surface area contributed by atoms with E-state index in [0.717, 1.165) is 11.8 Å². The lowest BCUT2D eigenvalue weighted by molar-refractivity contribution is 0.145. The Kier molecular flexibility index (Phi) is 13.3. The Balaban J connectivity index is 1.84. The molecule has 0 aromatic rings. The SMILES string of the molecule is CCCCCCCCCC1CCC1CCCCCCCCC. The maximum Gasteiger partial charge on any atom is -0.0386 e. The summed E-state index contributed by atoms with van der Waals surface area (Å²) in [5.41, 5.74) is 0. The minimum atomic E-state index is 1.12. The Hall–Kier alpha value is 0. The fourth-order valence-electron chi connectivity index (χ4n) is 4.13. The highest BCUT2D eigenvalue weighted by atomic mass is 14.3. The van der Waals surface area contributed by atoms with Gasteiger partial charge in [-0.3, -0.25) is 0 Å². The molecule has 0 bridgehead atoms. The van der Waals surface area contributed by atoms with Gasteiger partial charge in [0.2, 0.25) is 0 Å². The minimum absolute atomic E-state index is 1.12. The number of hydrogen-bond donors (Lipinski definition) is 0. The molecule has 0 amide bonds. The topological polar surface area (TPSA) is 0 Å². The third kappa shape index (κ3) is 9.90. The van der Waals surface area contributed by atoms with Gasteiger partial charge in [-0.15, -0.1) is 0 Å². The molecule has 0 heteroatoms. The second-order valence-corrected chi connectivity index (χ2v) is 7.92. The van der Waals surface area contributed by atoms with Crippen molar-refractivity contribution in [3.05, 3.63) is 0 Å². The first-order valence-corrected chi connectivity index (χ1v) is 10.9. The summed E-state index contributed by atoms with van der Waals surface area (Å²) < 4.78 is 0. The lowest BCUT2D eigenvalue weighted by Crippen LogP contribution is -2.25. The molecule has 1 saturated carbocycles. The van der Waals surface area contributed by atoms with E-state index in [1.54, 1.807) is 25.7 Å². The molecule has 0 radical (unpaired) electrons. The van der Waals surface area contributed by atoms with Crippen molar-refractivity contribution in [3.63, 3.8) is 0 Å². The molecule has 1 fully saturated rings. The number of rotatable bonds is 16. The fourth-order valence-corrected chi connectivity index (χ4v) is 4.13. The Morgan fingerprint density at radius 1 is 0.455 bits per heavy atom. The van der Waals surface area contributed by atoms with Gasteiger partial charge in [-0.05, 0) is 24.7 Å². The molecule has 0 N–H and O–H groups in total. The second-order valence-electron chi connectivity index (χ2n) is 7.92. The summed E-state index contributed by atoms with van der Waals surface area (Å²) in [7, 11) is 0. The number of hydrogen-bond acceptors (Lipinski definition) is 0. The Morgan fingerprint density at radius 3 is 1.09 bits per heavy atom. The molecule has 0 aromatic heterocycles. The van der Waals surface area contributed by atoms with Crippen LogP contribution in [-0.2, 0) is 0 Å². The van der Waals surface area contributed by atoms with E-state index in [-0.39, 0.29) is 0 Å². The average Bonchev–Trinajstić information content (AvgIpc) is 2.51. The lowest BCUT2D eigenvalue weighted by atomic mass is 9.69. The molecular weight excluding hydrogens is 264 g/mol. The maximum atomic E-state index is 2.31. The molecular formula is C22H44. The third-order valence-corrected chi connectivity index (χ3v) is 5.93. The predicted molar refractivity (Wildman–Crippen MR) is 101 cm³/mol. The first kappa shape index (κ1) is 20.0. The standard InChI is InChI=1S/C22H44/c1-3-5-7-9-11-13-15-17-21-19-20-22(21)18-16-14-12-10-8-6-4-2/h21-22H,3-20H2,1-2H3. The number of unbranched alkanes of at least 4 members (excludes halogenated alkanes) is 12. The predicted octanol–water partition coefficient (Wildman–Crippen LogP) is 8.29. The molecule has 0 saturated heterocycles. The van der Waals surface area contributed by atoms with E-state index in [9.17, 15) is 0 Å². The highest BCUT2D eigenvalue weighted by molar-refractivity contribution is 4.80. The van der Waals surface area contributed by atoms with E-state index in [0.29, 0.717) is 0 Å². The second kappa shape index (κ2) is 14.6. The van der Waals surface area contributed by atoms with E-state index in [1.165, 1.54) is 89.9 Å². The Labute approximate surface area is 141 Å². The molecule has 1 aliphatic rings. The summed E-state index contributed by atoms with van der Waals surface area (Å²) >= 11 is 0. The van der Waals surface area contributed by atoms with Gasteiger partial charge in [0.25, 0.3) is 0 Å². The van der Waals surface area contributed by atoms with Crippen LogP contribution >= 0.6 is 0 Å². The van der Waals surface area contributed by atoms with Gasteiger partial charge >= 0.3 is 0 Å². The quantitative estimate of drug-likeness (QED) is 0.251. The molecule has 0 aromatic carbocycles. The van der Waals surface area contributed by atoms with Gasteiger partial charge in [-0.1, -0.05) is 117 Å². The first-order chi connectivity index (χ1) is 10.9. The van der Waals surface area contributed by atoms with Crippen molar-refractivity contribution in [2.75, 3.05) is 0 Å². The Morgan fingerprint density at radius 2 is 0.773 bits per heavy atom. The van der Waals surface area contributed by atoms with E-state index in [1.807, 2.05) is 0 Å². The molecule has 22 heavy (non-hydrogen) atoms. The van der Waals surface area contributed by atoms with Crippen molar-refractivity contribution >= 4 is 0 Å². The molecule has 1 aliphatic carbocycles. The highest BCUT2D eigenvalue weighted by Gasteiger charge is 2.29. The van der Waals surface area contributed by atoms with Crippen LogP contribution in [0.1, 0.15) is 129 Å². The van der Waals surface area contributed by atoms with Crippen molar-refractivity contribution in [3.8, 4) is 0 Å². The van der Waals surface area contributed by atoms with Crippen molar-refractivity contribution in [2.45, 2.75) is 129 Å². The zero-order valence-corrected chi connectivity index (χ0v) is 15.9. The normalized spacial score (nSPS) is 21.0. The van der Waals surface area contributed by atoms with E-state index in [4.69, 9.17) is 0 Å². The molecule has 0 nitrogen and oxygen atoms in total. The third-order valence-electron chi connectivity index (χ3n) is 5.93. The van der Waals surface area contributed by atoms with Crippen LogP contribution < -0.4 is 0 Å². The molecule has 132 valence electrons. The van der Waals surface area contributed by atoms with Gasteiger partial charge in [0, 0.05) is 0 Å². The first-order valence-electron chi connectivity index (χ1n) is 10.9. The van der Waals surface area contributed by atoms with Crippen LogP contribution in [0.15, 0.2) is 0 Å². The van der Waals surface area contributed by atoms with E-state index >= 15 is 0 Å². The summed E-state index contributed by atoms with van der Waals surface area (Å²) in [5, 5.41) is 0. The van der Waals surface area contributed by atoms with E-state index < -0.39 is 0 Å². The monoisotopic (exact) mass is 308 g/mol. The summed E-state index contributed by atoms with van der Waals surface area (Å²) in [6, 6.07) is 0. The van der Waals surface area contributed by atoms with Crippen molar-refractivity contribution in [2.24, 2.45) is 11.8 Å². The zero-order valence-electron chi connectivity index (χ0n) is 15.9. The summed E-state index contributed by atoms with van der Waals surface area (Å²) in [6.45, 7) is 4.61. The molecule has 0 heterocycles. The molecule has 2 unspecified atom stereocenters. The van der Waals surface area contributed by atoms with Crippen LogP contribution in [0, 0.1) is 11.8 Å². The van der Waals surface area contributed by atoms with Crippen LogP contribution in [0.2, 0.25) is 0 Å². The molecule has 1 rings (SSSR count). The largest absolute Gasteiger partial charge is 0.0654 e. The lowest BCUT2D eigenvalue weighted by Gasteiger charge is -2.37. The van der Waals surface area contributed by atoms with Crippen LogP contribution in [0.4, 0.5) is 0 Å². The van der Waals surface area contributed by atoms with Crippen LogP contribution in [-0.4, -0.2) is 0 Å². The summed E-state index contributed by atoms with van der Waals surface area (Å²) in [5.74, 6) is 2.24. The van der Waals surface area contributed by atoms with Gasteiger partial charge in [0.05, 0.1) is 0 Å². The fraction of sp³-hybridized carbons (Fsp3) is 1.00. The Bertz CT molecular complexity index is 196. The smallest absolute Gasteiger partial charge is 0.0386 e. The maximum absolute atomic E-state index is 2.31. The van der Waals surface area contributed by atoms with Gasteiger partial charge < -0.3 is 0 Å². The van der Waals surface area contributed by atoms with Gasteiger partial charge in [-0.2, -0.15) is 0 Å². The van der Waals surface area contributed by atoms with Gasteiger partial charge in [-0.25, -0.2) is 0 Å². The van der Waals surface area contributed by atoms with Gasteiger partial charge in [0.1, 0.15) is 0 Å². The van der Waals surface area contributed by atoms with Crippen molar-refractivity contribution in [1.29, 1.82) is 0 Å². The van der Waals surface area contributed by atoms with Crippen LogP contribution in [0.25, 0.3) is 0 Å². The average molecular weight is 309 g/mol. The van der Waals surface area contributed by atoms with Crippen molar-refractivity contribution in [1.82, 2.24) is 0 Å². The molecule has 0 spiro atoms. The minimum Gasteiger partial charge on any atom is -0.0654 e. The van der Waals surface area contributed by atoms with Crippen LogP contribution in [0.5, 0.6) is 0 Å². The zero-order chi connectivity index (χ0) is 15.9. The van der Waals surface area contributed by atoms with Crippen molar-refractivity contribution < 1.29 is 0 Å².